The number of fused-ring (bicyclic) bond motifs is 1. The maximum atomic E-state index is 12.5. The summed E-state index contributed by atoms with van der Waals surface area (Å²) in [6.45, 7) is 4.30. The molecule has 1 saturated heterocycles. The van der Waals surface area contributed by atoms with Gasteiger partial charge in [-0.05, 0) is 19.3 Å². The second-order valence-electron chi connectivity index (χ2n) is 7.13. The van der Waals surface area contributed by atoms with Gasteiger partial charge in [0.05, 0.1) is 12.2 Å². The number of carbonyl (C=O) groups is 1. The number of likely N-dealkylation sites (tertiary alicyclic amines) is 1. The molecular formula is C20H26N4O. The SMILES string of the molecule is Cn1nc(-c2ccccc2)c2c1CCN(CC(=O)N1CCCC1)CC2. The van der Waals surface area contributed by atoms with Crippen molar-refractivity contribution in [1.29, 1.82) is 0 Å². The third kappa shape index (κ3) is 3.33. The van der Waals surface area contributed by atoms with E-state index in [1.54, 1.807) is 0 Å². The molecule has 0 N–H and O–H groups in total. The van der Waals surface area contributed by atoms with Crippen LogP contribution in [0.4, 0.5) is 0 Å². The third-order valence-corrected chi connectivity index (χ3v) is 5.48. The van der Waals surface area contributed by atoms with Crippen molar-refractivity contribution in [3.8, 4) is 11.3 Å². The van der Waals surface area contributed by atoms with Crippen LogP contribution in [0.25, 0.3) is 11.3 Å². The molecule has 2 aliphatic rings. The summed E-state index contributed by atoms with van der Waals surface area (Å²) >= 11 is 0. The topological polar surface area (TPSA) is 41.4 Å². The molecule has 0 bridgehead atoms. The second kappa shape index (κ2) is 7.00. The molecule has 0 aliphatic carbocycles. The molecule has 2 aliphatic heterocycles. The molecule has 0 unspecified atom stereocenters. The van der Waals surface area contributed by atoms with Crippen LogP contribution in [0.1, 0.15) is 24.1 Å². The number of amides is 1. The van der Waals surface area contributed by atoms with Gasteiger partial charge in [0.25, 0.3) is 0 Å². The van der Waals surface area contributed by atoms with Crippen LogP contribution in [0, 0.1) is 0 Å². The molecule has 3 heterocycles. The lowest BCUT2D eigenvalue weighted by Gasteiger charge is -2.23. The summed E-state index contributed by atoms with van der Waals surface area (Å²) in [5.41, 5.74) is 4.95. The number of benzene rings is 1. The van der Waals surface area contributed by atoms with E-state index in [0.29, 0.717) is 12.5 Å². The van der Waals surface area contributed by atoms with E-state index in [0.717, 1.165) is 57.6 Å². The van der Waals surface area contributed by atoms with Crippen molar-refractivity contribution in [2.24, 2.45) is 7.05 Å². The molecular weight excluding hydrogens is 312 g/mol. The van der Waals surface area contributed by atoms with Crippen LogP contribution in [0.5, 0.6) is 0 Å². The summed E-state index contributed by atoms with van der Waals surface area (Å²) in [6, 6.07) is 10.4. The maximum Gasteiger partial charge on any atom is 0.236 e. The molecule has 1 amide bonds. The number of aryl methyl sites for hydroxylation is 1. The minimum Gasteiger partial charge on any atom is -0.342 e. The fourth-order valence-corrected chi connectivity index (χ4v) is 4.07. The molecule has 1 aromatic heterocycles. The van der Waals surface area contributed by atoms with Gasteiger partial charge < -0.3 is 4.90 Å². The second-order valence-corrected chi connectivity index (χ2v) is 7.13. The zero-order chi connectivity index (χ0) is 17.2. The first-order valence-electron chi connectivity index (χ1n) is 9.32. The summed E-state index contributed by atoms with van der Waals surface area (Å²) in [5, 5.41) is 4.78. The summed E-state index contributed by atoms with van der Waals surface area (Å²) in [5.74, 6) is 0.296. The summed E-state index contributed by atoms with van der Waals surface area (Å²) in [4.78, 5) is 16.8. The van der Waals surface area contributed by atoms with Gasteiger partial charge in [0, 0.05) is 56.5 Å². The molecule has 0 radical (unpaired) electrons. The minimum absolute atomic E-state index is 0.296. The molecule has 0 saturated carbocycles. The van der Waals surface area contributed by atoms with E-state index in [9.17, 15) is 4.79 Å². The largest absolute Gasteiger partial charge is 0.342 e. The normalized spacial score (nSPS) is 18.2. The Bertz CT molecular complexity index is 747. The Morgan fingerprint density at radius 3 is 2.52 bits per heavy atom. The highest BCUT2D eigenvalue weighted by atomic mass is 16.2. The van der Waals surface area contributed by atoms with E-state index in [2.05, 4.69) is 29.2 Å². The number of hydrogen-bond donors (Lipinski definition) is 0. The first-order chi connectivity index (χ1) is 12.2. The number of nitrogens with zero attached hydrogens (tertiary/aromatic N) is 4. The molecule has 0 spiro atoms. The number of aromatic nitrogens is 2. The third-order valence-electron chi connectivity index (χ3n) is 5.48. The molecule has 5 heteroatoms. The van der Waals surface area contributed by atoms with Crippen LogP contribution >= 0.6 is 0 Å². The standard InChI is InChI=1S/C20H26N4O/c1-22-18-10-14-23(15-19(25)24-11-5-6-12-24)13-9-17(18)20(21-22)16-7-3-2-4-8-16/h2-4,7-8H,5-6,9-15H2,1H3. The highest BCUT2D eigenvalue weighted by Gasteiger charge is 2.25. The Morgan fingerprint density at radius 1 is 1.04 bits per heavy atom. The van der Waals surface area contributed by atoms with Crippen LogP contribution in [0.15, 0.2) is 30.3 Å². The van der Waals surface area contributed by atoms with Crippen molar-refractivity contribution in [3.05, 3.63) is 41.6 Å². The fourth-order valence-electron chi connectivity index (χ4n) is 4.07. The Hall–Kier alpha value is -2.14. The summed E-state index contributed by atoms with van der Waals surface area (Å²) in [6.07, 6.45) is 4.23. The molecule has 132 valence electrons. The average molecular weight is 338 g/mol. The van der Waals surface area contributed by atoms with Gasteiger partial charge in [-0.15, -0.1) is 0 Å². The Balaban J connectivity index is 1.49. The molecule has 5 nitrogen and oxygen atoms in total. The van der Waals surface area contributed by atoms with Crippen molar-refractivity contribution < 1.29 is 4.79 Å². The Morgan fingerprint density at radius 2 is 1.76 bits per heavy atom. The zero-order valence-corrected chi connectivity index (χ0v) is 14.9. The van der Waals surface area contributed by atoms with Gasteiger partial charge in [-0.25, -0.2) is 0 Å². The van der Waals surface area contributed by atoms with Crippen molar-refractivity contribution >= 4 is 5.91 Å². The van der Waals surface area contributed by atoms with E-state index in [1.807, 2.05) is 22.7 Å². The van der Waals surface area contributed by atoms with E-state index in [4.69, 9.17) is 5.10 Å². The van der Waals surface area contributed by atoms with Crippen LogP contribution < -0.4 is 0 Å². The van der Waals surface area contributed by atoms with Crippen LogP contribution in [-0.2, 0) is 24.7 Å². The molecule has 0 atom stereocenters. The van der Waals surface area contributed by atoms with Gasteiger partial charge in [0.15, 0.2) is 0 Å². The quantitative estimate of drug-likeness (QED) is 0.861. The predicted molar refractivity (Wildman–Crippen MR) is 98.3 cm³/mol. The highest BCUT2D eigenvalue weighted by molar-refractivity contribution is 5.78. The van der Waals surface area contributed by atoms with Gasteiger partial charge in [-0.2, -0.15) is 5.10 Å². The van der Waals surface area contributed by atoms with Gasteiger partial charge in [-0.3, -0.25) is 14.4 Å². The molecule has 1 fully saturated rings. The number of carbonyl (C=O) groups excluding carboxylic acids is 1. The number of hydrogen-bond acceptors (Lipinski definition) is 3. The van der Waals surface area contributed by atoms with E-state index < -0.39 is 0 Å². The van der Waals surface area contributed by atoms with Gasteiger partial charge in [0.1, 0.15) is 0 Å². The number of rotatable bonds is 3. The monoisotopic (exact) mass is 338 g/mol. The average Bonchev–Trinajstić information content (AvgIpc) is 3.22. The van der Waals surface area contributed by atoms with Crippen LogP contribution in [0.3, 0.4) is 0 Å². The van der Waals surface area contributed by atoms with Crippen molar-refractivity contribution in [1.82, 2.24) is 19.6 Å². The first kappa shape index (κ1) is 16.3. The minimum atomic E-state index is 0.296. The van der Waals surface area contributed by atoms with E-state index in [-0.39, 0.29) is 0 Å². The van der Waals surface area contributed by atoms with Gasteiger partial charge in [0.2, 0.25) is 5.91 Å². The van der Waals surface area contributed by atoms with Crippen LogP contribution in [-0.4, -0.2) is 58.2 Å². The summed E-state index contributed by atoms with van der Waals surface area (Å²) in [7, 11) is 2.04. The van der Waals surface area contributed by atoms with Gasteiger partial charge in [-0.1, -0.05) is 30.3 Å². The lowest BCUT2D eigenvalue weighted by molar-refractivity contribution is -0.131. The predicted octanol–water partition coefficient (Wildman–Crippen LogP) is 2.11. The first-order valence-corrected chi connectivity index (χ1v) is 9.32. The van der Waals surface area contributed by atoms with E-state index in [1.165, 1.54) is 16.8 Å². The van der Waals surface area contributed by atoms with Crippen molar-refractivity contribution in [2.45, 2.75) is 25.7 Å². The van der Waals surface area contributed by atoms with Crippen molar-refractivity contribution in [3.63, 3.8) is 0 Å². The Kier molecular flexibility index (Phi) is 4.57. The zero-order valence-electron chi connectivity index (χ0n) is 14.9. The Labute approximate surface area is 149 Å². The molecule has 2 aromatic rings. The molecule has 1 aromatic carbocycles. The lowest BCUT2D eigenvalue weighted by Crippen LogP contribution is -2.40. The van der Waals surface area contributed by atoms with E-state index >= 15 is 0 Å². The van der Waals surface area contributed by atoms with Crippen LogP contribution in [0.2, 0.25) is 0 Å². The summed E-state index contributed by atoms with van der Waals surface area (Å²) < 4.78 is 2.03. The molecule has 4 rings (SSSR count). The fraction of sp³-hybridized carbons (Fsp3) is 0.500. The van der Waals surface area contributed by atoms with Crippen molar-refractivity contribution in [2.75, 3.05) is 32.7 Å². The smallest absolute Gasteiger partial charge is 0.236 e. The maximum absolute atomic E-state index is 12.5. The lowest BCUT2D eigenvalue weighted by atomic mass is 10.0. The molecule has 25 heavy (non-hydrogen) atoms. The van der Waals surface area contributed by atoms with Gasteiger partial charge >= 0.3 is 0 Å². The highest BCUT2D eigenvalue weighted by Crippen LogP contribution is 2.27.